The van der Waals surface area contributed by atoms with E-state index in [1.54, 1.807) is 0 Å². The second kappa shape index (κ2) is 7.07. The summed E-state index contributed by atoms with van der Waals surface area (Å²) >= 11 is 0. The number of ether oxygens (including phenoxy) is 1. The van der Waals surface area contributed by atoms with Crippen LogP contribution in [0, 0.1) is 0 Å². The Balaban J connectivity index is 1.86. The van der Waals surface area contributed by atoms with Crippen LogP contribution in [0.2, 0.25) is 0 Å². The number of nitrogens with zero attached hydrogens (tertiary/aromatic N) is 2. The number of aliphatic hydroxyl groups is 1. The Morgan fingerprint density at radius 3 is 2.91 bits per heavy atom. The average molecular weight is 304 g/mol. The third-order valence-electron chi connectivity index (χ3n) is 5.05. The summed E-state index contributed by atoms with van der Waals surface area (Å²) in [6.07, 6.45) is 3.37. The monoisotopic (exact) mass is 304 g/mol. The summed E-state index contributed by atoms with van der Waals surface area (Å²) in [6, 6.07) is 4.74. The number of hydrogen-bond donors (Lipinski definition) is 1. The molecule has 0 aromatic carbocycles. The Kier molecular flexibility index (Phi) is 5.11. The van der Waals surface area contributed by atoms with E-state index in [9.17, 15) is 5.11 Å². The number of hydrogen-bond acceptors (Lipinski definition) is 4. The summed E-state index contributed by atoms with van der Waals surface area (Å²) < 4.78 is 5.58. The van der Waals surface area contributed by atoms with Gasteiger partial charge in [-0.3, -0.25) is 9.88 Å². The van der Waals surface area contributed by atoms with Crippen LogP contribution in [0.4, 0.5) is 0 Å². The molecule has 0 saturated carbocycles. The summed E-state index contributed by atoms with van der Waals surface area (Å²) in [5.41, 5.74) is 3.71. The van der Waals surface area contributed by atoms with Gasteiger partial charge in [-0.15, -0.1) is 0 Å². The molecule has 1 aromatic heterocycles. The van der Waals surface area contributed by atoms with Crippen LogP contribution in [-0.4, -0.2) is 47.4 Å². The van der Waals surface area contributed by atoms with Gasteiger partial charge in [0.1, 0.15) is 0 Å². The molecule has 0 amide bonds. The lowest BCUT2D eigenvalue weighted by atomic mass is 9.95. The molecule has 4 heteroatoms. The van der Waals surface area contributed by atoms with Crippen LogP contribution in [0.15, 0.2) is 12.1 Å². The molecule has 0 unspecified atom stereocenters. The molecule has 1 N–H and O–H groups in total. The van der Waals surface area contributed by atoms with E-state index in [-0.39, 0.29) is 6.61 Å². The summed E-state index contributed by atoms with van der Waals surface area (Å²) in [5, 5.41) is 9.56. The van der Waals surface area contributed by atoms with Gasteiger partial charge in [0.05, 0.1) is 18.9 Å². The minimum absolute atomic E-state index is 0.256. The molecular weight excluding hydrogens is 276 g/mol. The smallest absolute Gasteiger partial charge is 0.0587 e. The molecule has 0 spiro atoms. The van der Waals surface area contributed by atoms with Crippen LogP contribution >= 0.6 is 0 Å². The molecule has 2 aliphatic heterocycles. The summed E-state index contributed by atoms with van der Waals surface area (Å²) in [5.74, 6) is 0.929. The Bertz CT molecular complexity index is 498. The Morgan fingerprint density at radius 1 is 1.36 bits per heavy atom. The van der Waals surface area contributed by atoms with Crippen molar-refractivity contribution in [3.63, 3.8) is 0 Å². The third kappa shape index (κ3) is 3.34. The van der Waals surface area contributed by atoms with Gasteiger partial charge in [-0.1, -0.05) is 19.9 Å². The minimum Gasteiger partial charge on any atom is -0.395 e. The van der Waals surface area contributed by atoms with E-state index in [0.29, 0.717) is 17.9 Å². The molecule has 1 aromatic rings. The number of rotatable bonds is 5. The molecule has 122 valence electrons. The van der Waals surface area contributed by atoms with Crippen molar-refractivity contribution in [3.05, 3.63) is 29.1 Å². The van der Waals surface area contributed by atoms with Crippen molar-refractivity contribution in [2.24, 2.45) is 0 Å². The third-order valence-corrected chi connectivity index (χ3v) is 5.05. The first-order chi connectivity index (χ1) is 10.7. The van der Waals surface area contributed by atoms with Crippen LogP contribution in [0.3, 0.4) is 0 Å². The van der Waals surface area contributed by atoms with Crippen molar-refractivity contribution >= 4 is 0 Å². The van der Waals surface area contributed by atoms with Gasteiger partial charge < -0.3 is 9.84 Å². The van der Waals surface area contributed by atoms with Gasteiger partial charge in [-0.25, -0.2) is 0 Å². The zero-order valence-corrected chi connectivity index (χ0v) is 13.8. The van der Waals surface area contributed by atoms with Crippen molar-refractivity contribution in [2.75, 3.05) is 26.4 Å². The fourth-order valence-electron chi connectivity index (χ4n) is 3.63. The van der Waals surface area contributed by atoms with Crippen molar-refractivity contribution in [1.82, 2.24) is 9.88 Å². The molecule has 22 heavy (non-hydrogen) atoms. The van der Waals surface area contributed by atoms with Gasteiger partial charge >= 0.3 is 0 Å². The van der Waals surface area contributed by atoms with Crippen molar-refractivity contribution in [2.45, 2.75) is 57.5 Å². The van der Waals surface area contributed by atoms with Crippen molar-refractivity contribution < 1.29 is 9.84 Å². The molecule has 0 radical (unpaired) electrons. The van der Waals surface area contributed by atoms with E-state index in [0.717, 1.165) is 44.8 Å². The fourth-order valence-corrected chi connectivity index (χ4v) is 3.63. The van der Waals surface area contributed by atoms with Crippen LogP contribution in [0.1, 0.15) is 61.9 Å². The van der Waals surface area contributed by atoms with Gasteiger partial charge in [0, 0.05) is 30.8 Å². The second-order valence-corrected chi connectivity index (χ2v) is 6.94. The van der Waals surface area contributed by atoms with Crippen molar-refractivity contribution in [3.8, 4) is 0 Å². The van der Waals surface area contributed by atoms with E-state index >= 15 is 0 Å². The molecule has 2 aliphatic rings. The zero-order valence-electron chi connectivity index (χ0n) is 13.8. The summed E-state index contributed by atoms with van der Waals surface area (Å²) in [4.78, 5) is 7.36. The lowest BCUT2D eigenvalue weighted by molar-refractivity contribution is 0.151. The van der Waals surface area contributed by atoms with E-state index in [1.165, 1.54) is 17.7 Å². The van der Waals surface area contributed by atoms with Crippen LogP contribution in [0.25, 0.3) is 0 Å². The van der Waals surface area contributed by atoms with Crippen molar-refractivity contribution in [1.29, 1.82) is 0 Å². The standard InChI is InChI=1S/C18H28N2O2/c1-13(2)17-6-5-16(14-7-9-22-12-14)18(19-17)10-20-8-3-4-15(20)11-21/h5-6,13-15,21H,3-4,7-12H2,1-2H3/t14-,15-/m0/s1. The lowest BCUT2D eigenvalue weighted by Gasteiger charge is -2.25. The predicted molar refractivity (Wildman–Crippen MR) is 87.0 cm³/mol. The van der Waals surface area contributed by atoms with Gasteiger partial charge in [0.2, 0.25) is 0 Å². The first kappa shape index (κ1) is 15.9. The first-order valence-corrected chi connectivity index (χ1v) is 8.61. The first-order valence-electron chi connectivity index (χ1n) is 8.61. The highest BCUT2D eigenvalue weighted by Crippen LogP contribution is 2.30. The maximum absolute atomic E-state index is 9.56. The molecule has 0 aliphatic carbocycles. The molecule has 3 rings (SSSR count). The lowest BCUT2D eigenvalue weighted by Crippen LogP contribution is -2.32. The normalized spacial score (nSPS) is 26.2. The van der Waals surface area contributed by atoms with Gasteiger partial charge in [0.25, 0.3) is 0 Å². The topological polar surface area (TPSA) is 45.6 Å². The van der Waals surface area contributed by atoms with E-state index < -0.39 is 0 Å². The van der Waals surface area contributed by atoms with Gasteiger partial charge in [-0.2, -0.15) is 0 Å². The largest absolute Gasteiger partial charge is 0.395 e. The van der Waals surface area contributed by atoms with Crippen LogP contribution < -0.4 is 0 Å². The highest BCUT2D eigenvalue weighted by Gasteiger charge is 2.27. The summed E-state index contributed by atoms with van der Waals surface area (Å²) in [7, 11) is 0. The van der Waals surface area contributed by atoms with Crippen LogP contribution in [-0.2, 0) is 11.3 Å². The number of aliphatic hydroxyl groups excluding tert-OH is 1. The number of pyridine rings is 1. The molecule has 2 saturated heterocycles. The predicted octanol–water partition coefficient (Wildman–Crippen LogP) is 2.67. The number of aromatic nitrogens is 1. The maximum Gasteiger partial charge on any atom is 0.0587 e. The highest BCUT2D eigenvalue weighted by atomic mass is 16.5. The zero-order chi connectivity index (χ0) is 15.5. The molecule has 2 fully saturated rings. The SMILES string of the molecule is CC(C)c1ccc([C@H]2CCOC2)c(CN2CCC[C@H]2CO)n1. The van der Waals surface area contributed by atoms with Crippen LogP contribution in [0.5, 0.6) is 0 Å². The Labute approximate surface area is 133 Å². The minimum atomic E-state index is 0.256. The molecular formula is C18H28N2O2. The fraction of sp³-hybridized carbons (Fsp3) is 0.722. The van der Waals surface area contributed by atoms with E-state index in [4.69, 9.17) is 9.72 Å². The van der Waals surface area contributed by atoms with Gasteiger partial charge in [-0.05, 0) is 43.4 Å². The Morgan fingerprint density at radius 2 is 2.23 bits per heavy atom. The van der Waals surface area contributed by atoms with E-state index in [2.05, 4.69) is 30.9 Å². The number of likely N-dealkylation sites (tertiary alicyclic amines) is 1. The maximum atomic E-state index is 9.56. The van der Waals surface area contributed by atoms with E-state index in [1.807, 2.05) is 0 Å². The van der Waals surface area contributed by atoms with Gasteiger partial charge in [0.15, 0.2) is 0 Å². The quantitative estimate of drug-likeness (QED) is 0.908. The average Bonchev–Trinajstić information content (AvgIpc) is 3.18. The molecule has 0 bridgehead atoms. The highest BCUT2D eigenvalue weighted by molar-refractivity contribution is 5.29. The second-order valence-electron chi connectivity index (χ2n) is 6.94. The molecule has 3 heterocycles. The molecule has 4 nitrogen and oxygen atoms in total. The Hall–Kier alpha value is -0.970. The summed E-state index contributed by atoms with van der Waals surface area (Å²) in [6.45, 7) is 8.24. The molecule has 2 atom stereocenters.